The molecule has 132 valence electrons. The summed E-state index contributed by atoms with van der Waals surface area (Å²) < 4.78 is 0. The molecule has 0 aliphatic heterocycles. The summed E-state index contributed by atoms with van der Waals surface area (Å²) in [6, 6.07) is 10.1. The molecule has 1 aliphatic rings. The first-order valence-electron chi connectivity index (χ1n) is 8.82. The molecule has 1 aromatic carbocycles. The summed E-state index contributed by atoms with van der Waals surface area (Å²) >= 11 is 0. The monoisotopic (exact) mass is 340 g/mol. The number of carbonyl (C=O) groups excluding carboxylic acids is 1. The predicted molar refractivity (Wildman–Crippen MR) is 96.6 cm³/mol. The van der Waals surface area contributed by atoms with Gasteiger partial charge in [-0.3, -0.25) is 4.79 Å². The number of aromatic nitrogens is 2. The largest absolute Gasteiger partial charge is 0.335 e. The molecule has 6 heteroatoms. The lowest BCUT2D eigenvalue weighted by Gasteiger charge is -2.12. The summed E-state index contributed by atoms with van der Waals surface area (Å²) in [4.78, 5) is 24.2. The van der Waals surface area contributed by atoms with Gasteiger partial charge in [-0.25, -0.2) is 9.89 Å². The van der Waals surface area contributed by atoms with Crippen LogP contribution in [0.2, 0.25) is 0 Å². The maximum absolute atomic E-state index is 12.2. The Bertz CT molecular complexity index is 801. The van der Waals surface area contributed by atoms with Crippen LogP contribution in [0.25, 0.3) is 0 Å². The average molecular weight is 340 g/mol. The Morgan fingerprint density at radius 2 is 1.96 bits per heavy atom. The molecule has 3 N–H and O–H groups in total. The van der Waals surface area contributed by atoms with Crippen molar-refractivity contribution in [2.24, 2.45) is 0 Å². The molecular formula is C19H24N4O2. The Morgan fingerprint density at radius 1 is 1.20 bits per heavy atom. The van der Waals surface area contributed by atoms with Crippen LogP contribution in [-0.4, -0.2) is 22.3 Å². The van der Waals surface area contributed by atoms with Crippen molar-refractivity contribution in [2.75, 3.05) is 0 Å². The predicted octanol–water partition coefficient (Wildman–Crippen LogP) is 2.25. The minimum absolute atomic E-state index is 0.162. The van der Waals surface area contributed by atoms with Gasteiger partial charge in [0.25, 0.3) is 5.56 Å². The summed E-state index contributed by atoms with van der Waals surface area (Å²) in [5.41, 5.74) is 3.42. The van der Waals surface area contributed by atoms with Crippen molar-refractivity contribution >= 4 is 6.03 Å². The lowest BCUT2D eigenvalue weighted by molar-refractivity contribution is 0.240. The number of benzene rings is 1. The number of carbonyl (C=O) groups is 1. The summed E-state index contributed by atoms with van der Waals surface area (Å²) in [5.74, 6) is 0.383. The average Bonchev–Trinajstić information content (AvgIpc) is 3.40. The van der Waals surface area contributed by atoms with E-state index < -0.39 is 0 Å². The van der Waals surface area contributed by atoms with Gasteiger partial charge in [-0.15, -0.1) is 0 Å². The Balaban J connectivity index is 1.58. The van der Waals surface area contributed by atoms with Gasteiger partial charge in [-0.2, -0.15) is 5.10 Å². The Morgan fingerprint density at radius 3 is 2.64 bits per heavy atom. The highest BCUT2D eigenvalue weighted by Crippen LogP contribution is 2.40. The second-order valence-corrected chi connectivity index (χ2v) is 6.35. The van der Waals surface area contributed by atoms with Gasteiger partial charge in [0.2, 0.25) is 0 Å². The van der Waals surface area contributed by atoms with Gasteiger partial charge in [0, 0.05) is 17.5 Å². The van der Waals surface area contributed by atoms with Crippen molar-refractivity contribution in [3.8, 4) is 0 Å². The molecule has 0 saturated heterocycles. The van der Waals surface area contributed by atoms with Crippen molar-refractivity contribution in [1.29, 1.82) is 0 Å². The highest BCUT2D eigenvalue weighted by molar-refractivity contribution is 5.75. The molecule has 1 aromatic heterocycles. The van der Waals surface area contributed by atoms with Gasteiger partial charge in [0.05, 0.1) is 12.2 Å². The molecular weight excluding hydrogens is 316 g/mol. The molecule has 2 amide bonds. The molecule has 3 rings (SSSR count). The van der Waals surface area contributed by atoms with Crippen LogP contribution in [0.4, 0.5) is 4.79 Å². The number of hydrogen-bond acceptors (Lipinski definition) is 3. The third-order valence-corrected chi connectivity index (χ3v) is 4.73. The second-order valence-electron chi connectivity index (χ2n) is 6.35. The molecule has 6 nitrogen and oxygen atoms in total. The lowest BCUT2D eigenvalue weighted by Crippen LogP contribution is -2.38. The van der Waals surface area contributed by atoms with E-state index in [1.165, 1.54) is 5.56 Å². The van der Waals surface area contributed by atoms with Crippen LogP contribution >= 0.6 is 0 Å². The van der Waals surface area contributed by atoms with Gasteiger partial charge < -0.3 is 10.6 Å². The zero-order valence-corrected chi connectivity index (χ0v) is 14.6. The molecule has 0 spiro atoms. The fraction of sp³-hybridized carbons (Fsp3) is 0.421. The van der Waals surface area contributed by atoms with E-state index in [0.717, 1.165) is 30.5 Å². The lowest BCUT2D eigenvalue weighted by atomic mass is 10.0. The van der Waals surface area contributed by atoms with E-state index in [-0.39, 0.29) is 24.2 Å². The zero-order valence-electron chi connectivity index (χ0n) is 14.6. The van der Waals surface area contributed by atoms with Gasteiger partial charge in [-0.05, 0) is 30.4 Å². The quantitative estimate of drug-likeness (QED) is 0.754. The molecule has 1 fully saturated rings. The minimum Gasteiger partial charge on any atom is -0.335 e. The van der Waals surface area contributed by atoms with Gasteiger partial charge >= 0.3 is 6.03 Å². The Kier molecular flexibility index (Phi) is 5.16. The first-order chi connectivity index (χ1) is 12.1. The number of rotatable bonds is 6. The maximum atomic E-state index is 12.2. The fourth-order valence-corrected chi connectivity index (χ4v) is 3.27. The van der Waals surface area contributed by atoms with Crippen LogP contribution in [0, 0.1) is 0 Å². The smallest absolute Gasteiger partial charge is 0.315 e. The van der Waals surface area contributed by atoms with Crippen LogP contribution < -0.4 is 16.2 Å². The Hall–Kier alpha value is -2.63. The molecule has 1 heterocycles. The van der Waals surface area contributed by atoms with Gasteiger partial charge in [0.15, 0.2) is 0 Å². The molecule has 0 bridgehead atoms. The van der Waals surface area contributed by atoms with E-state index in [9.17, 15) is 9.59 Å². The zero-order chi connectivity index (χ0) is 17.8. The standard InChI is InChI=1S/C19H24N4O2/c1-3-13-15(18(24)23-22-16(13)4-2)11-20-19(25)21-17-10-14(17)12-8-6-5-7-9-12/h5-9,14,17H,3-4,10-11H2,1-2H3,(H,23,24)(H2,20,21,25)/t14-,17-/m1/s1. The molecule has 0 radical (unpaired) electrons. The van der Waals surface area contributed by atoms with Crippen LogP contribution in [0.1, 0.15) is 48.6 Å². The SMILES string of the molecule is CCc1n[nH]c(=O)c(CNC(=O)N[C@@H]2C[C@@H]2c2ccccc2)c1CC. The maximum Gasteiger partial charge on any atom is 0.315 e. The molecule has 25 heavy (non-hydrogen) atoms. The number of H-pyrrole nitrogens is 1. The first-order valence-corrected chi connectivity index (χ1v) is 8.82. The van der Waals surface area contributed by atoms with E-state index in [1.54, 1.807) is 0 Å². The van der Waals surface area contributed by atoms with Crippen molar-refractivity contribution in [3.63, 3.8) is 0 Å². The fourth-order valence-electron chi connectivity index (χ4n) is 3.27. The number of hydrogen-bond donors (Lipinski definition) is 3. The summed E-state index contributed by atoms with van der Waals surface area (Å²) in [6.07, 6.45) is 2.42. The third-order valence-electron chi connectivity index (χ3n) is 4.73. The number of aryl methyl sites for hydroxylation is 1. The summed E-state index contributed by atoms with van der Waals surface area (Å²) in [6.45, 7) is 4.21. The van der Waals surface area contributed by atoms with E-state index in [1.807, 2.05) is 32.0 Å². The van der Waals surface area contributed by atoms with E-state index >= 15 is 0 Å². The Labute approximate surface area is 147 Å². The van der Waals surface area contributed by atoms with Crippen molar-refractivity contribution in [2.45, 2.75) is 51.6 Å². The highest BCUT2D eigenvalue weighted by Gasteiger charge is 2.39. The van der Waals surface area contributed by atoms with Crippen LogP contribution in [-0.2, 0) is 19.4 Å². The van der Waals surface area contributed by atoms with Gasteiger partial charge in [0.1, 0.15) is 0 Å². The van der Waals surface area contributed by atoms with Crippen LogP contribution in [0.5, 0.6) is 0 Å². The van der Waals surface area contributed by atoms with E-state index in [0.29, 0.717) is 11.5 Å². The minimum atomic E-state index is -0.236. The highest BCUT2D eigenvalue weighted by atomic mass is 16.2. The number of nitrogens with one attached hydrogen (secondary N) is 3. The molecule has 2 atom stereocenters. The topological polar surface area (TPSA) is 86.9 Å². The van der Waals surface area contributed by atoms with E-state index in [2.05, 4.69) is 33.0 Å². The first kappa shape index (κ1) is 17.2. The number of aromatic amines is 1. The molecule has 2 aromatic rings. The van der Waals surface area contributed by atoms with Crippen molar-refractivity contribution in [1.82, 2.24) is 20.8 Å². The number of urea groups is 1. The molecule has 0 unspecified atom stereocenters. The van der Waals surface area contributed by atoms with Gasteiger partial charge in [-0.1, -0.05) is 44.2 Å². The number of nitrogens with zero attached hydrogens (tertiary/aromatic N) is 1. The number of amides is 2. The van der Waals surface area contributed by atoms with E-state index in [4.69, 9.17) is 0 Å². The second kappa shape index (κ2) is 7.51. The summed E-state index contributed by atoms with van der Waals surface area (Å²) in [7, 11) is 0. The molecule has 1 saturated carbocycles. The summed E-state index contributed by atoms with van der Waals surface area (Å²) in [5, 5.41) is 12.4. The van der Waals surface area contributed by atoms with Crippen LogP contribution in [0.3, 0.4) is 0 Å². The third kappa shape index (κ3) is 3.90. The molecule has 1 aliphatic carbocycles. The van der Waals surface area contributed by atoms with Crippen LogP contribution in [0.15, 0.2) is 35.1 Å². The van der Waals surface area contributed by atoms with Crippen molar-refractivity contribution in [3.05, 3.63) is 63.1 Å². The van der Waals surface area contributed by atoms with Crippen molar-refractivity contribution < 1.29 is 4.79 Å². The normalized spacial score (nSPS) is 18.6.